The molecule has 4 nitrogen and oxygen atoms in total. The van der Waals surface area contributed by atoms with Crippen molar-refractivity contribution in [3.8, 4) is 5.88 Å². The van der Waals surface area contributed by atoms with Gasteiger partial charge in [0.25, 0.3) is 5.91 Å². The molecule has 1 aromatic carbocycles. The Balaban J connectivity index is 2.06. The van der Waals surface area contributed by atoms with Crippen LogP contribution in [0.4, 0.5) is 4.39 Å². The summed E-state index contributed by atoms with van der Waals surface area (Å²) in [5.41, 5.74) is 7.73. The van der Waals surface area contributed by atoms with E-state index in [1.54, 1.807) is 18.2 Å². The van der Waals surface area contributed by atoms with Gasteiger partial charge in [0.2, 0.25) is 5.88 Å². The summed E-state index contributed by atoms with van der Waals surface area (Å²) in [6.45, 7) is 0. The van der Waals surface area contributed by atoms with Gasteiger partial charge in [0.1, 0.15) is 11.4 Å². The lowest BCUT2D eigenvalue weighted by Crippen LogP contribution is -2.14. The van der Waals surface area contributed by atoms with E-state index in [0.29, 0.717) is 22.7 Å². The molecule has 0 unspecified atom stereocenters. The Labute approximate surface area is 132 Å². The third-order valence-corrected chi connectivity index (χ3v) is 4.17. The Hall–Kier alpha value is -2.14. The van der Waals surface area contributed by atoms with Gasteiger partial charge >= 0.3 is 0 Å². The van der Waals surface area contributed by atoms with Gasteiger partial charge in [-0.3, -0.25) is 4.79 Å². The Morgan fingerprint density at radius 1 is 1.45 bits per heavy atom. The number of primary amides is 1. The lowest BCUT2D eigenvalue weighted by molar-refractivity contribution is 0.0996. The van der Waals surface area contributed by atoms with Gasteiger partial charge in [-0.1, -0.05) is 11.6 Å². The zero-order valence-corrected chi connectivity index (χ0v) is 12.7. The standard InChI is InChI=1S/C16H14ClFN2O2/c1-22-16-11(15(19)21)4-5-14(20-16)10-3-2-9-12(10)6-8(17)7-13(9)18/h4-7,10H,2-3H2,1H3,(H2,19,21)/t10-/m1/s1. The molecule has 0 aliphatic heterocycles. The van der Waals surface area contributed by atoms with Crippen LogP contribution in [-0.2, 0) is 6.42 Å². The molecule has 0 spiro atoms. The number of ether oxygens (including phenoxy) is 1. The van der Waals surface area contributed by atoms with E-state index >= 15 is 0 Å². The summed E-state index contributed by atoms with van der Waals surface area (Å²) in [6, 6.07) is 6.41. The third-order valence-electron chi connectivity index (χ3n) is 3.95. The van der Waals surface area contributed by atoms with Crippen molar-refractivity contribution in [2.75, 3.05) is 7.11 Å². The van der Waals surface area contributed by atoms with Crippen LogP contribution in [0.1, 0.15) is 39.5 Å². The fourth-order valence-electron chi connectivity index (χ4n) is 2.94. The Kier molecular flexibility index (Phi) is 3.74. The van der Waals surface area contributed by atoms with Gasteiger partial charge in [-0.2, -0.15) is 0 Å². The molecular weight excluding hydrogens is 307 g/mol. The molecule has 114 valence electrons. The molecule has 1 heterocycles. The van der Waals surface area contributed by atoms with Crippen molar-refractivity contribution >= 4 is 17.5 Å². The Bertz CT molecular complexity index is 764. The number of halogens is 2. The van der Waals surface area contributed by atoms with Gasteiger partial charge in [0, 0.05) is 10.9 Å². The predicted molar refractivity (Wildman–Crippen MR) is 80.9 cm³/mol. The fourth-order valence-corrected chi connectivity index (χ4v) is 3.15. The molecule has 1 atom stereocenters. The zero-order valence-electron chi connectivity index (χ0n) is 11.9. The summed E-state index contributed by atoms with van der Waals surface area (Å²) in [7, 11) is 1.43. The number of amides is 1. The van der Waals surface area contributed by atoms with Crippen LogP contribution >= 0.6 is 11.6 Å². The van der Waals surface area contributed by atoms with E-state index in [1.807, 2.05) is 0 Å². The number of benzene rings is 1. The Morgan fingerprint density at radius 3 is 2.91 bits per heavy atom. The number of carbonyl (C=O) groups is 1. The summed E-state index contributed by atoms with van der Waals surface area (Å²) < 4.78 is 19.1. The molecule has 22 heavy (non-hydrogen) atoms. The quantitative estimate of drug-likeness (QED) is 0.945. The summed E-state index contributed by atoms with van der Waals surface area (Å²) in [4.78, 5) is 15.7. The summed E-state index contributed by atoms with van der Waals surface area (Å²) in [5, 5.41) is 0.365. The molecule has 1 aliphatic carbocycles. The molecular formula is C16H14ClFN2O2. The average Bonchev–Trinajstić information content (AvgIpc) is 2.90. The zero-order chi connectivity index (χ0) is 15.9. The first-order chi connectivity index (χ1) is 10.5. The van der Waals surface area contributed by atoms with Crippen molar-refractivity contribution in [3.05, 3.63) is 57.5 Å². The van der Waals surface area contributed by atoms with E-state index in [4.69, 9.17) is 22.1 Å². The van der Waals surface area contributed by atoms with Crippen LogP contribution < -0.4 is 10.5 Å². The molecule has 1 amide bonds. The molecule has 0 saturated carbocycles. The second-order valence-corrected chi connectivity index (χ2v) is 5.64. The van der Waals surface area contributed by atoms with E-state index in [2.05, 4.69) is 4.98 Å². The van der Waals surface area contributed by atoms with Gasteiger partial charge < -0.3 is 10.5 Å². The number of rotatable bonds is 3. The van der Waals surface area contributed by atoms with Crippen LogP contribution in [0.2, 0.25) is 5.02 Å². The van der Waals surface area contributed by atoms with Crippen LogP contribution in [0.25, 0.3) is 0 Å². The van der Waals surface area contributed by atoms with Gasteiger partial charge in [0.05, 0.1) is 12.8 Å². The lowest BCUT2D eigenvalue weighted by atomic mass is 9.96. The molecule has 1 aliphatic rings. The number of fused-ring (bicyclic) bond motifs is 1. The van der Waals surface area contributed by atoms with Gasteiger partial charge in [-0.15, -0.1) is 0 Å². The van der Waals surface area contributed by atoms with Crippen molar-refractivity contribution < 1.29 is 13.9 Å². The number of nitrogens with two attached hydrogens (primary N) is 1. The Morgan fingerprint density at radius 2 is 2.23 bits per heavy atom. The highest BCUT2D eigenvalue weighted by Gasteiger charge is 2.29. The number of nitrogens with zero attached hydrogens (tertiary/aromatic N) is 1. The van der Waals surface area contributed by atoms with E-state index in [-0.39, 0.29) is 23.2 Å². The number of methoxy groups -OCH3 is 1. The van der Waals surface area contributed by atoms with Crippen molar-refractivity contribution in [2.24, 2.45) is 5.73 Å². The molecule has 3 rings (SSSR count). The maximum atomic E-state index is 14.0. The summed E-state index contributed by atoms with van der Waals surface area (Å²) >= 11 is 5.96. The fraction of sp³-hybridized carbons (Fsp3) is 0.250. The van der Waals surface area contributed by atoms with E-state index in [1.165, 1.54) is 13.2 Å². The van der Waals surface area contributed by atoms with Gasteiger partial charge in [-0.25, -0.2) is 9.37 Å². The van der Waals surface area contributed by atoms with Crippen LogP contribution in [-0.4, -0.2) is 18.0 Å². The first kappa shape index (κ1) is 14.8. The SMILES string of the molecule is COc1nc([C@@H]2CCc3c(F)cc(Cl)cc32)ccc1C(N)=O. The molecule has 2 N–H and O–H groups in total. The summed E-state index contributed by atoms with van der Waals surface area (Å²) in [6.07, 6.45) is 1.36. The highest BCUT2D eigenvalue weighted by atomic mass is 35.5. The van der Waals surface area contributed by atoms with E-state index in [0.717, 1.165) is 12.0 Å². The second-order valence-electron chi connectivity index (χ2n) is 5.20. The van der Waals surface area contributed by atoms with Crippen LogP contribution in [0.5, 0.6) is 5.88 Å². The molecule has 0 fully saturated rings. The van der Waals surface area contributed by atoms with Crippen LogP contribution in [0.3, 0.4) is 0 Å². The van der Waals surface area contributed by atoms with Gasteiger partial charge in [-0.05, 0) is 48.2 Å². The monoisotopic (exact) mass is 320 g/mol. The number of hydrogen-bond acceptors (Lipinski definition) is 3. The summed E-state index contributed by atoms with van der Waals surface area (Å²) in [5.74, 6) is -0.775. The second kappa shape index (κ2) is 5.57. The van der Waals surface area contributed by atoms with Crippen LogP contribution in [0, 0.1) is 5.82 Å². The largest absolute Gasteiger partial charge is 0.480 e. The molecule has 0 saturated heterocycles. The molecule has 2 aromatic rings. The minimum atomic E-state index is -0.600. The first-order valence-electron chi connectivity index (χ1n) is 6.83. The van der Waals surface area contributed by atoms with Crippen molar-refractivity contribution in [1.29, 1.82) is 0 Å². The number of aromatic nitrogens is 1. The highest BCUT2D eigenvalue weighted by Crippen LogP contribution is 2.40. The van der Waals surface area contributed by atoms with Crippen molar-refractivity contribution in [3.63, 3.8) is 0 Å². The maximum Gasteiger partial charge on any atom is 0.254 e. The molecule has 0 radical (unpaired) electrons. The molecule has 0 bridgehead atoms. The van der Waals surface area contributed by atoms with Crippen LogP contribution in [0.15, 0.2) is 24.3 Å². The number of hydrogen-bond donors (Lipinski definition) is 1. The number of carbonyl (C=O) groups excluding carboxylic acids is 1. The minimum absolute atomic E-state index is 0.0703. The van der Waals surface area contributed by atoms with Crippen molar-refractivity contribution in [2.45, 2.75) is 18.8 Å². The first-order valence-corrected chi connectivity index (χ1v) is 7.21. The maximum absolute atomic E-state index is 14.0. The van der Waals surface area contributed by atoms with Crippen molar-refractivity contribution in [1.82, 2.24) is 4.98 Å². The van der Waals surface area contributed by atoms with Gasteiger partial charge in [0.15, 0.2) is 0 Å². The number of pyridine rings is 1. The smallest absolute Gasteiger partial charge is 0.254 e. The third kappa shape index (κ3) is 2.41. The molecule has 6 heteroatoms. The normalized spacial score (nSPS) is 16.4. The average molecular weight is 321 g/mol. The lowest BCUT2D eigenvalue weighted by Gasteiger charge is -2.14. The predicted octanol–water partition coefficient (Wildman–Crippen LogP) is 3.06. The highest BCUT2D eigenvalue weighted by molar-refractivity contribution is 6.30. The molecule has 1 aromatic heterocycles. The van der Waals surface area contributed by atoms with E-state index < -0.39 is 5.91 Å². The van der Waals surface area contributed by atoms with E-state index in [9.17, 15) is 9.18 Å². The minimum Gasteiger partial charge on any atom is -0.480 e. The topological polar surface area (TPSA) is 65.2 Å².